The molecule has 0 spiro atoms. The summed E-state index contributed by atoms with van der Waals surface area (Å²) in [5.74, 6) is 0. The number of hydrogen-bond acceptors (Lipinski definition) is 4. The average molecular weight is 258 g/mol. The van der Waals surface area contributed by atoms with E-state index in [0.717, 1.165) is 19.6 Å². The molecule has 3 heterocycles. The monoisotopic (exact) mass is 258 g/mol. The van der Waals surface area contributed by atoms with Gasteiger partial charge in [0, 0.05) is 18.8 Å². The SMILES string of the molecule is C[C@H](CN1CCCC1)n1cnc2ncccc2c1=O. The third-order valence-corrected chi connectivity index (χ3v) is 3.75. The van der Waals surface area contributed by atoms with E-state index < -0.39 is 0 Å². The molecule has 1 aliphatic rings. The standard InChI is InChI=1S/C14H18N4O/c1-11(9-17-7-2-3-8-17)18-10-16-13-12(14(18)19)5-4-6-15-13/h4-6,10-11H,2-3,7-9H2,1H3/t11-/m1/s1. The fraction of sp³-hybridized carbons (Fsp3) is 0.500. The van der Waals surface area contributed by atoms with E-state index in [1.54, 1.807) is 29.2 Å². The first-order valence-corrected chi connectivity index (χ1v) is 6.80. The van der Waals surface area contributed by atoms with Crippen molar-refractivity contribution in [2.24, 2.45) is 0 Å². The summed E-state index contributed by atoms with van der Waals surface area (Å²) in [7, 11) is 0. The summed E-state index contributed by atoms with van der Waals surface area (Å²) >= 11 is 0. The van der Waals surface area contributed by atoms with E-state index in [-0.39, 0.29) is 11.6 Å². The van der Waals surface area contributed by atoms with Crippen LogP contribution in [0, 0.1) is 0 Å². The van der Waals surface area contributed by atoms with E-state index >= 15 is 0 Å². The molecular weight excluding hydrogens is 240 g/mol. The molecule has 0 unspecified atom stereocenters. The van der Waals surface area contributed by atoms with Crippen LogP contribution in [0.15, 0.2) is 29.5 Å². The van der Waals surface area contributed by atoms with Gasteiger partial charge in [-0.2, -0.15) is 0 Å². The zero-order chi connectivity index (χ0) is 13.2. The maximum atomic E-state index is 12.4. The quantitative estimate of drug-likeness (QED) is 0.836. The molecule has 0 aliphatic carbocycles. The van der Waals surface area contributed by atoms with Gasteiger partial charge in [0.25, 0.3) is 5.56 Å². The fourth-order valence-electron chi connectivity index (χ4n) is 2.72. The van der Waals surface area contributed by atoms with Crippen LogP contribution < -0.4 is 5.56 Å². The summed E-state index contributed by atoms with van der Waals surface area (Å²) in [6.45, 7) is 5.26. The predicted octanol–water partition coefficient (Wildman–Crippen LogP) is 1.45. The van der Waals surface area contributed by atoms with E-state index in [4.69, 9.17) is 0 Å². The van der Waals surface area contributed by atoms with E-state index in [9.17, 15) is 4.79 Å². The number of hydrogen-bond donors (Lipinski definition) is 0. The number of nitrogens with zero attached hydrogens (tertiary/aromatic N) is 4. The Labute approximate surface area is 111 Å². The molecule has 0 N–H and O–H groups in total. The molecule has 1 saturated heterocycles. The number of pyridine rings is 1. The van der Waals surface area contributed by atoms with Crippen molar-refractivity contribution in [1.82, 2.24) is 19.4 Å². The Morgan fingerprint density at radius 3 is 2.89 bits per heavy atom. The molecule has 2 aromatic heterocycles. The minimum atomic E-state index is 0.00444. The molecule has 5 heteroatoms. The van der Waals surface area contributed by atoms with Crippen LogP contribution in [0.3, 0.4) is 0 Å². The van der Waals surface area contributed by atoms with Gasteiger partial charge in [0.05, 0.1) is 5.39 Å². The number of fused-ring (bicyclic) bond motifs is 1. The van der Waals surface area contributed by atoms with Gasteiger partial charge >= 0.3 is 0 Å². The lowest BCUT2D eigenvalue weighted by Crippen LogP contribution is -2.32. The van der Waals surface area contributed by atoms with Gasteiger partial charge < -0.3 is 4.90 Å². The van der Waals surface area contributed by atoms with Gasteiger partial charge in [0.2, 0.25) is 0 Å². The number of likely N-dealkylation sites (tertiary alicyclic amines) is 1. The fourth-order valence-corrected chi connectivity index (χ4v) is 2.72. The van der Waals surface area contributed by atoms with E-state index in [0.29, 0.717) is 11.0 Å². The van der Waals surface area contributed by atoms with E-state index in [2.05, 4.69) is 21.8 Å². The Morgan fingerprint density at radius 2 is 2.11 bits per heavy atom. The minimum Gasteiger partial charge on any atom is -0.301 e. The van der Waals surface area contributed by atoms with Crippen LogP contribution in [0.2, 0.25) is 0 Å². The summed E-state index contributed by atoms with van der Waals surface area (Å²) in [5.41, 5.74) is 0.530. The second-order valence-corrected chi connectivity index (χ2v) is 5.19. The third-order valence-electron chi connectivity index (χ3n) is 3.75. The van der Waals surface area contributed by atoms with Crippen molar-refractivity contribution in [1.29, 1.82) is 0 Å². The van der Waals surface area contributed by atoms with Gasteiger partial charge in [-0.15, -0.1) is 0 Å². The Balaban J connectivity index is 1.91. The lowest BCUT2D eigenvalue weighted by atomic mass is 10.2. The van der Waals surface area contributed by atoms with Crippen LogP contribution in [-0.4, -0.2) is 39.1 Å². The molecule has 1 atom stereocenters. The highest BCUT2D eigenvalue weighted by Crippen LogP contribution is 2.13. The Kier molecular flexibility index (Phi) is 3.29. The summed E-state index contributed by atoms with van der Waals surface area (Å²) < 4.78 is 1.72. The summed E-state index contributed by atoms with van der Waals surface area (Å²) in [5, 5.41) is 0.596. The van der Waals surface area contributed by atoms with Crippen molar-refractivity contribution in [2.45, 2.75) is 25.8 Å². The molecule has 2 aromatic rings. The second kappa shape index (κ2) is 5.09. The van der Waals surface area contributed by atoms with Crippen molar-refractivity contribution < 1.29 is 0 Å². The normalized spacial score (nSPS) is 17.9. The topological polar surface area (TPSA) is 51.0 Å². The maximum absolute atomic E-state index is 12.4. The Hall–Kier alpha value is -1.75. The highest BCUT2D eigenvalue weighted by atomic mass is 16.1. The molecule has 0 aromatic carbocycles. The van der Waals surface area contributed by atoms with Gasteiger partial charge in [-0.25, -0.2) is 9.97 Å². The Bertz CT molecular complexity index is 631. The van der Waals surface area contributed by atoms with Gasteiger partial charge in [0.1, 0.15) is 6.33 Å². The van der Waals surface area contributed by atoms with Gasteiger partial charge in [-0.05, 0) is 45.0 Å². The van der Waals surface area contributed by atoms with Crippen molar-refractivity contribution >= 4 is 11.0 Å². The smallest absolute Gasteiger partial charge is 0.263 e. The summed E-state index contributed by atoms with van der Waals surface area (Å²) in [6, 6.07) is 3.71. The minimum absolute atomic E-state index is 0.00444. The molecule has 5 nitrogen and oxygen atoms in total. The molecule has 3 rings (SSSR count). The maximum Gasteiger partial charge on any atom is 0.263 e. The van der Waals surface area contributed by atoms with Gasteiger partial charge in [-0.1, -0.05) is 0 Å². The van der Waals surface area contributed by atoms with Crippen LogP contribution in [0.1, 0.15) is 25.8 Å². The average Bonchev–Trinajstić information content (AvgIpc) is 2.92. The molecule has 1 aliphatic heterocycles. The number of rotatable bonds is 3. The molecule has 0 bridgehead atoms. The largest absolute Gasteiger partial charge is 0.301 e. The first-order chi connectivity index (χ1) is 9.25. The number of aromatic nitrogens is 3. The first-order valence-electron chi connectivity index (χ1n) is 6.80. The summed E-state index contributed by atoms with van der Waals surface area (Å²) in [4.78, 5) is 23.2. The molecule has 0 saturated carbocycles. The molecule has 1 fully saturated rings. The summed E-state index contributed by atoms with van der Waals surface area (Å²) in [6.07, 6.45) is 5.81. The predicted molar refractivity (Wildman–Crippen MR) is 74.2 cm³/mol. The molecule has 0 amide bonds. The van der Waals surface area contributed by atoms with Crippen LogP contribution in [0.25, 0.3) is 11.0 Å². The van der Waals surface area contributed by atoms with Crippen LogP contribution in [-0.2, 0) is 0 Å². The van der Waals surface area contributed by atoms with Gasteiger partial charge in [0.15, 0.2) is 5.65 Å². The van der Waals surface area contributed by atoms with Crippen molar-refractivity contribution in [3.63, 3.8) is 0 Å². The van der Waals surface area contributed by atoms with Crippen LogP contribution in [0.4, 0.5) is 0 Å². The highest BCUT2D eigenvalue weighted by Gasteiger charge is 2.17. The molecule has 0 radical (unpaired) electrons. The molecule has 19 heavy (non-hydrogen) atoms. The third kappa shape index (κ3) is 2.38. The molecule has 100 valence electrons. The van der Waals surface area contributed by atoms with Crippen molar-refractivity contribution in [3.8, 4) is 0 Å². The van der Waals surface area contributed by atoms with Crippen LogP contribution >= 0.6 is 0 Å². The second-order valence-electron chi connectivity index (χ2n) is 5.19. The van der Waals surface area contributed by atoms with Crippen LogP contribution in [0.5, 0.6) is 0 Å². The van der Waals surface area contributed by atoms with Crippen molar-refractivity contribution in [3.05, 3.63) is 35.0 Å². The zero-order valence-electron chi connectivity index (χ0n) is 11.1. The van der Waals surface area contributed by atoms with Gasteiger partial charge in [-0.3, -0.25) is 9.36 Å². The first kappa shape index (κ1) is 12.3. The van der Waals surface area contributed by atoms with Crippen molar-refractivity contribution in [2.75, 3.05) is 19.6 Å². The van der Waals surface area contributed by atoms with E-state index in [1.807, 2.05) is 0 Å². The lowest BCUT2D eigenvalue weighted by molar-refractivity contribution is 0.284. The lowest BCUT2D eigenvalue weighted by Gasteiger charge is -2.21. The Morgan fingerprint density at radius 1 is 1.32 bits per heavy atom. The zero-order valence-corrected chi connectivity index (χ0v) is 11.1. The highest BCUT2D eigenvalue weighted by molar-refractivity contribution is 5.72. The molecular formula is C14H18N4O. The van der Waals surface area contributed by atoms with E-state index in [1.165, 1.54) is 12.8 Å².